The van der Waals surface area contributed by atoms with E-state index in [1.54, 1.807) is 6.07 Å². The molecule has 6 nitrogen and oxygen atoms in total. The predicted molar refractivity (Wildman–Crippen MR) is 97.7 cm³/mol. The van der Waals surface area contributed by atoms with E-state index < -0.39 is 27.9 Å². The quantitative estimate of drug-likeness (QED) is 0.862. The Hall–Kier alpha value is -2.32. The first-order valence-corrected chi connectivity index (χ1v) is 9.97. The number of rotatable bonds is 3. The average Bonchev–Trinajstić information content (AvgIpc) is 2.76. The molecule has 1 heterocycles. The molecule has 0 fully saturated rings. The molecule has 2 aromatic carbocycles. The van der Waals surface area contributed by atoms with Crippen LogP contribution in [0, 0.1) is 5.82 Å². The van der Waals surface area contributed by atoms with Crippen LogP contribution in [0.3, 0.4) is 0 Å². The van der Waals surface area contributed by atoms with Crippen LogP contribution in [0.4, 0.5) is 15.8 Å². The summed E-state index contributed by atoms with van der Waals surface area (Å²) in [4.78, 5) is 12.5. The van der Waals surface area contributed by atoms with Gasteiger partial charge in [0.25, 0.3) is 5.91 Å². The normalized spacial score (nSPS) is 17.0. The highest BCUT2D eigenvalue weighted by atomic mass is 35.5. The number of nitrogens with zero attached hydrogens (tertiary/aromatic N) is 1. The van der Waals surface area contributed by atoms with E-state index in [-0.39, 0.29) is 30.1 Å². The number of nitrogens with one attached hydrogen (secondary N) is 1. The number of benzene rings is 2. The van der Waals surface area contributed by atoms with Crippen molar-refractivity contribution in [3.63, 3.8) is 0 Å². The Bertz CT molecular complexity index is 952. The molecule has 1 N–H and O–H groups in total. The van der Waals surface area contributed by atoms with Crippen molar-refractivity contribution in [1.29, 1.82) is 0 Å². The lowest BCUT2D eigenvalue weighted by Gasteiger charge is -2.21. The molecule has 2 aromatic rings. The van der Waals surface area contributed by atoms with Gasteiger partial charge in [-0.1, -0.05) is 23.7 Å². The number of amides is 1. The van der Waals surface area contributed by atoms with Gasteiger partial charge in [0, 0.05) is 18.0 Å². The molecule has 0 spiro atoms. The van der Waals surface area contributed by atoms with E-state index in [1.807, 2.05) is 0 Å². The van der Waals surface area contributed by atoms with Gasteiger partial charge in [-0.25, -0.2) is 12.8 Å². The van der Waals surface area contributed by atoms with E-state index in [4.69, 9.17) is 16.3 Å². The molecule has 26 heavy (non-hydrogen) atoms. The molecule has 3 rings (SSSR count). The second kappa shape index (κ2) is 7.13. The lowest BCUT2D eigenvalue weighted by atomic mass is 10.2. The first-order valence-electron chi connectivity index (χ1n) is 7.75. The van der Waals surface area contributed by atoms with Crippen LogP contribution in [0.5, 0.6) is 5.75 Å². The summed E-state index contributed by atoms with van der Waals surface area (Å²) in [7, 11) is -3.59. The first kappa shape index (κ1) is 18.5. The zero-order valence-corrected chi connectivity index (χ0v) is 15.3. The maximum atomic E-state index is 13.7. The van der Waals surface area contributed by atoms with Gasteiger partial charge < -0.3 is 10.1 Å². The monoisotopic (exact) mass is 398 g/mol. The fourth-order valence-electron chi connectivity index (χ4n) is 2.66. The van der Waals surface area contributed by atoms with Crippen molar-refractivity contribution in [2.45, 2.75) is 12.5 Å². The molecular weight excluding hydrogens is 383 g/mol. The third kappa shape index (κ3) is 3.91. The zero-order valence-electron chi connectivity index (χ0n) is 13.8. The van der Waals surface area contributed by atoms with E-state index >= 15 is 0 Å². The van der Waals surface area contributed by atoms with Crippen LogP contribution in [-0.2, 0) is 14.8 Å². The molecule has 0 aromatic heterocycles. The van der Waals surface area contributed by atoms with Crippen molar-refractivity contribution in [3.8, 4) is 5.75 Å². The zero-order chi connectivity index (χ0) is 18.9. The highest BCUT2D eigenvalue weighted by Gasteiger charge is 2.31. The van der Waals surface area contributed by atoms with E-state index in [0.29, 0.717) is 5.02 Å². The molecule has 1 aliphatic rings. The largest absolute Gasteiger partial charge is 0.478 e. The topological polar surface area (TPSA) is 75.7 Å². The Kier molecular flexibility index (Phi) is 5.06. The van der Waals surface area contributed by atoms with Crippen LogP contribution >= 0.6 is 11.6 Å². The minimum Gasteiger partial charge on any atom is -0.478 e. The first-order chi connectivity index (χ1) is 12.3. The molecule has 0 radical (unpaired) electrons. The van der Waals surface area contributed by atoms with Gasteiger partial charge >= 0.3 is 0 Å². The predicted octanol–water partition coefficient (Wildman–Crippen LogP) is 3.03. The number of ether oxygens (including phenoxy) is 1. The van der Waals surface area contributed by atoms with Gasteiger partial charge in [-0.2, -0.15) is 0 Å². The molecule has 0 unspecified atom stereocenters. The molecule has 1 atom stereocenters. The summed E-state index contributed by atoms with van der Waals surface area (Å²) in [5.41, 5.74) is 0.294. The third-order valence-electron chi connectivity index (χ3n) is 3.88. The van der Waals surface area contributed by atoms with Gasteiger partial charge in [0.05, 0.1) is 17.6 Å². The molecule has 138 valence electrons. The summed E-state index contributed by atoms with van der Waals surface area (Å²) in [6.07, 6.45) is 0.179. The Morgan fingerprint density at radius 3 is 2.73 bits per heavy atom. The standard InChI is InChI=1S/C17H16ClFN2O4S/c1-26(23,24)21-9-8-16(25-15-7-6-11(18)10-14(15)21)17(22)20-13-5-3-2-4-12(13)19/h2-7,10,16H,8-9H2,1H3,(H,20,22)/t16-/m1/s1. The SMILES string of the molecule is CS(=O)(=O)N1CC[C@H](C(=O)Nc2ccccc2F)Oc2ccc(Cl)cc21. The molecule has 9 heteroatoms. The van der Waals surface area contributed by atoms with Crippen LogP contribution < -0.4 is 14.4 Å². The van der Waals surface area contributed by atoms with Gasteiger partial charge in [-0.15, -0.1) is 0 Å². The van der Waals surface area contributed by atoms with Crippen LogP contribution in [0.1, 0.15) is 6.42 Å². The van der Waals surface area contributed by atoms with Gasteiger partial charge in [-0.3, -0.25) is 9.10 Å². The summed E-state index contributed by atoms with van der Waals surface area (Å²) < 4.78 is 44.8. The summed E-state index contributed by atoms with van der Waals surface area (Å²) in [6, 6.07) is 10.3. The number of halogens is 2. The molecular formula is C17H16ClFN2O4S. The number of hydrogen-bond acceptors (Lipinski definition) is 4. The van der Waals surface area contributed by atoms with Crippen molar-refractivity contribution < 1.29 is 22.3 Å². The van der Waals surface area contributed by atoms with Crippen LogP contribution in [0.15, 0.2) is 42.5 Å². The molecule has 0 bridgehead atoms. The summed E-state index contributed by atoms with van der Waals surface area (Å²) in [6.45, 7) is 0.0293. The Labute approximate surface area is 155 Å². The molecule has 1 amide bonds. The van der Waals surface area contributed by atoms with Crippen LogP contribution in [-0.4, -0.2) is 33.2 Å². The van der Waals surface area contributed by atoms with E-state index in [9.17, 15) is 17.6 Å². The molecule has 0 saturated heterocycles. The summed E-state index contributed by atoms with van der Waals surface area (Å²) >= 11 is 5.97. The highest BCUT2D eigenvalue weighted by Crippen LogP contribution is 2.36. The van der Waals surface area contributed by atoms with Crippen LogP contribution in [0.2, 0.25) is 5.02 Å². The van der Waals surface area contributed by atoms with Gasteiger partial charge in [0.1, 0.15) is 11.6 Å². The third-order valence-corrected chi connectivity index (χ3v) is 5.29. The summed E-state index contributed by atoms with van der Waals surface area (Å²) in [5, 5.41) is 2.81. The maximum Gasteiger partial charge on any atom is 0.265 e. The Morgan fingerprint density at radius 2 is 2.04 bits per heavy atom. The summed E-state index contributed by atoms with van der Waals surface area (Å²) in [5.74, 6) is -0.920. The number of carbonyl (C=O) groups is 1. The lowest BCUT2D eigenvalue weighted by Crippen LogP contribution is -2.36. The average molecular weight is 399 g/mol. The molecule has 0 aliphatic carbocycles. The van der Waals surface area contributed by atoms with E-state index in [1.165, 1.54) is 36.4 Å². The lowest BCUT2D eigenvalue weighted by molar-refractivity contribution is -0.122. The number of anilines is 2. The van der Waals surface area contributed by atoms with E-state index in [0.717, 1.165) is 10.6 Å². The maximum absolute atomic E-state index is 13.7. The van der Waals surface area contributed by atoms with Gasteiger partial charge in [0.15, 0.2) is 6.10 Å². The van der Waals surface area contributed by atoms with Crippen molar-refractivity contribution >= 4 is 38.9 Å². The number of fused-ring (bicyclic) bond motifs is 1. The van der Waals surface area contributed by atoms with E-state index in [2.05, 4.69) is 5.32 Å². The van der Waals surface area contributed by atoms with Crippen molar-refractivity contribution in [2.24, 2.45) is 0 Å². The minimum absolute atomic E-state index is 0.0293. The van der Waals surface area contributed by atoms with Gasteiger partial charge in [-0.05, 0) is 30.3 Å². The number of hydrogen-bond donors (Lipinski definition) is 1. The Morgan fingerprint density at radius 1 is 1.31 bits per heavy atom. The van der Waals surface area contributed by atoms with Crippen molar-refractivity contribution in [1.82, 2.24) is 0 Å². The van der Waals surface area contributed by atoms with Crippen molar-refractivity contribution in [2.75, 3.05) is 22.4 Å². The van der Waals surface area contributed by atoms with Crippen molar-refractivity contribution in [3.05, 3.63) is 53.3 Å². The fraction of sp³-hybridized carbons (Fsp3) is 0.235. The number of carbonyl (C=O) groups excluding carboxylic acids is 1. The number of sulfonamides is 1. The smallest absolute Gasteiger partial charge is 0.265 e. The van der Waals surface area contributed by atoms with Crippen LogP contribution in [0.25, 0.3) is 0 Å². The minimum atomic E-state index is -3.59. The second-order valence-corrected chi connectivity index (χ2v) is 8.15. The fourth-order valence-corrected chi connectivity index (χ4v) is 3.76. The molecule has 1 aliphatic heterocycles. The Balaban J connectivity index is 1.89. The highest BCUT2D eigenvalue weighted by molar-refractivity contribution is 7.92. The second-order valence-electron chi connectivity index (χ2n) is 5.81. The van der Waals surface area contributed by atoms with Gasteiger partial charge in [0.2, 0.25) is 10.0 Å². The molecule has 0 saturated carbocycles. The number of para-hydroxylation sites is 1.